The highest BCUT2D eigenvalue weighted by atomic mass is 33.1. The van der Waals surface area contributed by atoms with E-state index in [1.165, 1.54) is 7.11 Å². The second kappa shape index (κ2) is 27.5. The summed E-state index contributed by atoms with van der Waals surface area (Å²) in [5, 5.41) is 3.16. The van der Waals surface area contributed by atoms with Crippen LogP contribution in [0.5, 0.6) is 0 Å². The number of rotatable bonds is 4. The average Bonchev–Trinajstić information content (AvgIpc) is 2.64. The molecule has 0 amide bonds. The minimum atomic E-state index is -0.284. The number of terminal acetylenes is 1. The number of likely N-dealkylation sites (N-methyl/N-ethyl adjacent to an activating group) is 1. The molecule has 0 radical (unpaired) electrons. The van der Waals surface area contributed by atoms with E-state index in [2.05, 4.69) is 52.3 Å². The normalized spacial score (nSPS) is 8.08. The molecule has 0 saturated heterocycles. The molecule has 0 atom stereocenters. The Bertz CT molecular complexity index is 469. The Kier molecular flexibility index (Phi) is 34.6. The van der Waals surface area contributed by atoms with Gasteiger partial charge in [0.25, 0.3) is 0 Å². The SMILES string of the molecule is C.C#CCC.C/C=C\CNCC.COC(=O)c1cccc(C)c1.SS. The second-order valence-corrected chi connectivity index (χ2v) is 4.30. The number of nitrogens with one attached hydrogen (secondary N) is 1. The van der Waals surface area contributed by atoms with Crippen LogP contribution in [0, 0.1) is 19.3 Å². The first kappa shape index (κ1) is 31.4. The van der Waals surface area contributed by atoms with Crippen molar-refractivity contribution in [1.29, 1.82) is 0 Å². The summed E-state index contributed by atoms with van der Waals surface area (Å²) in [5.74, 6) is 2.15. The first-order valence-electron chi connectivity index (χ1n) is 7.67. The molecule has 0 saturated carbocycles. The number of ether oxygens (including phenoxy) is 1. The monoisotopic (exact) mass is 385 g/mol. The van der Waals surface area contributed by atoms with Gasteiger partial charge in [0, 0.05) is 13.0 Å². The fraction of sp³-hybridized carbons (Fsp3) is 0.450. The molecule has 0 bridgehead atoms. The molecular formula is C20H35NO2S2. The van der Waals surface area contributed by atoms with E-state index in [4.69, 9.17) is 6.42 Å². The van der Waals surface area contributed by atoms with Crippen molar-refractivity contribution in [3.8, 4) is 12.3 Å². The molecule has 1 aromatic carbocycles. The maximum atomic E-state index is 10.9. The Morgan fingerprint density at radius 1 is 1.36 bits per heavy atom. The van der Waals surface area contributed by atoms with E-state index in [0.717, 1.165) is 25.1 Å². The van der Waals surface area contributed by atoms with Gasteiger partial charge in [-0.05, 0) is 32.5 Å². The van der Waals surface area contributed by atoms with Crippen LogP contribution >= 0.6 is 23.3 Å². The lowest BCUT2D eigenvalue weighted by Crippen LogP contribution is -2.11. The van der Waals surface area contributed by atoms with E-state index in [-0.39, 0.29) is 13.4 Å². The van der Waals surface area contributed by atoms with Crippen LogP contribution in [-0.4, -0.2) is 26.2 Å². The topological polar surface area (TPSA) is 38.3 Å². The molecule has 144 valence electrons. The second-order valence-electron chi connectivity index (χ2n) is 4.30. The number of esters is 1. The predicted molar refractivity (Wildman–Crippen MR) is 120 cm³/mol. The van der Waals surface area contributed by atoms with E-state index >= 15 is 0 Å². The lowest BCUT2D eigenvalue weighted by Gasteiger charge is -1.98. The van der Waals surface area contributed by atoms with Crippen molar-refractivity contribution in [2.24, 2.45) is 0 Å². The van der Waals surface area contributed by atoms with E-state index in [9.17, 15) is 4.79 Å². The fourth-order valence-corrected chi connectivity index (χ4v) is 1.24. The Balaban J connectivity index is -0.000000137. The highest BCUT2D eigenvalue weighted by Crippen LogP contribution is 2.04. The third-order valence-corrected chi connectivity index (χ3v) is 2.39. The average molecular weight is 386 g/mol. The van der Waals surface area contributed by atoms with Crippen molar-refractivity contribution in [1.82, 2.24) is 5.32 Å². The molecule has 0 aromatic heterocycles. The Morgan fingerprint density at radius 3 is 2.28 bits per heavy atom. The number of allylic oxidation sites excluding steroid dienone is 1. The van der Waals surface area contributed by atoms with Crippen LogP contribution in [0.3, 0.4) is 0 Å². The minimum absolute atomic E-state index is 0. The van der Waals surface area contributed by atoms with E-state index in [0.29, 0.717) is 5.56 Å². The molecule has 1 aromatic rings. The predicted octanol–water partition coefficient (Wildman–Crippen LogP) is 5.38. The Labute approximate surface area is 165 Å². The summed E-state index contributed by atoms with van der Waals surface area (Å²) >= 11 is 6.44. The molecule has 0 fully saturated rings. The number of hydrogen-bond donors (Lipinski definition) is 3. The summed E-state index contributed by atoms with van der Waals surface area (Å²) in [6.45, 7) is 10.1. The van der Waals surface area contributed by atoms with E-state index in [1.54, 1.807) is 12.1 Å². The van der Waals surface area contributed by atoms with Crippen LogP contribution in [0.4, 0.5) is 0 Å². The zero-order valence-corrected chi connectivity index (χ0v) is 17.2. The number of aryl methyl sites for hydroxylation is 1. The van der Waals surface area contributed by atoms with Crippen molar-refractivity contribution in [2.75, 3.05) is 20.2 Å². The van der Waals surface area contributed by atoms with Crippen LogP contribution in [0.2, 0.25) is 0 Å². The van der Waals surface area contributed by atoms with E-state index in [1.807, 2.05) is 39.0 Å². The molecule has 5 heteroatoms. The van der Waals surface area contributed by atoms with Crippen LogP contribution in [0.15, 0.2) is 36.4 Å². The van der Waals surface area contributed by atoms with Crippen LogP contribution in [-0.2, 0) is 4.74 Å². The third kappa shape index (κ3) is 25.0. The molecule has 0 aliphatic rings. The lowest BCUT2D eigenvalue weighted by atomic mass is 10.1. The quantitative estimate of drug-likeness (QED) is 0.163. The fourth-order valence-electron chi connectivity index (χ4n) is 1.24. The summed E-state index contributed by atoms with van der Waals surface area (Å²) in [7, 11) is 1.38. The Hall–Kier alpha value is -1.35. The van der Waals surface area contributed by atoms with Crippen molar-refractivity contribution in [3.63, 3.8) is 0 Å². The Morgan fingerprint density at radius 2 is 1.92 bits per heavy atom. The standard InChI is InChI=1S/C9H10O2.C6H13N.C4H6.CH4.H2S2/c1-7-4-3-5-8(6-7)9(10)11-2;1-3-5-6-7-4-2;1-3-4-2;;1-2/h3-6H,1-2H3;3,5,7H,4,6H2,1-2H3;1H,4H2,2H3;1H4;1-2H/b;5-3-;;;. The van der Waals surface area contributed by atoms with Gasteiger partial charge in [0.15, 0.2) is 0 Å². The number of benzene rings is 1. The minimum Gasteiger partial charge on any atom is -0.465 e. The lowest BCUT2D eigenvalue weighted by molar-refractivity contribution is 0.0600. The zero-order valence-electron chi connectivity index (χ0n) is 15.4. The number of thiol groups is 2. The molecule has 0 aliphatic heterocycles. The van der Waals surface area contributed by atoms with Gasteiger partial charge in [-0.25, -0.2) is 4.79 Å². The van der Waals surface area contributed by atoms with Crippen LogP contribution in [0.1, 0.15) is 50.5 Å². The molecule has 25 heavy (non-hydrogen) atoms. The van der Waals surface area contributed by atoms with Crippen molar-refractivity contribution < 1.29 is 9.53 Å². The van der Waals surface area contributed by atoms with Crippen LogP contribution in [0.25, 0.3) is 0 Å². The van der Waals surface area contributed by atoms with Crippen molar-refractivity contribution in [3.05, 3.63) is 47.5 Å². The summed E-state index contributed by atoms with van der Waals surface area (Å²) < 4.78 is 4.55. The first-order chi connectivity index (χ1) is 11.6. The molecule has 3 nitrogen and oxygen atoms in total. The molecule has 0 aliphatic carbocycles. The molecule has 1 rings (SSSR count). The first-order valence-corrected chi connectivity index (χ1v) is 9.27. The highest BCUT2D eigenvalue weighted by molar-refractivity contribution is 8.59. The maximum Gasteiger partial charge on any atom is 0.337 e. The zero-order chi connectivity index (χ0) is 19.2. The highest BCUT2D eigenvalue weighted by Gasteiger charge is 2.02. The molecule has 1 N–H and O–H groups in total. The molecular weight excluding hydrogens is 350 g/mol. The third-order valence-electron chi connectivity index (χ3n) is 2.39. The smallest absolute Gasteiger partial charge is 0.337 e. The van der Waals surface area contributed by atoms with Gasteiger partial charge in [-0.3, -0.25) is 0 Å². The van der Waals surface area contributed by atoms with Gasteiger partial charge in [0.2, 0.25) is 0 Å². The summed E-state index contributed by atoms with van der Waals surface area (Å²) in [5.41, 5.74) is 1.67. The number of methoxy groups -OCH3 is 1. The summed E-state index contributed by atoms with van der Waals surface area (Å²) in [6.07, 6.45) is 9.77. The summed E-state index contributed by atoms with van der Waals surface area (Å²) in [6, 6.07) is 7.30. The largest absolute Gasteiger partial charge is 0.465 e. The number of hydrogen-bond acceptors (Lipinski definition) is 5. The van der Waals surface area contributed by atoms with Gasteiger partial charge >= 0.3 is 5.97 Å². The molecule has 0 spiro atoms. The molecule has 0 heterocycles. The maximum absolute atomic E-state index is 10.9. The van der Waals surface area contributed by atoms with Gasteiger partial charge in [-0.1, -0.05) is 51.1 Å². The van der Waals surface area contributed by atoms with E-state index < -0.39 is 0 Å². The van der Waals surface area contributed by atoms with Gasteiger partial charge in [0.1, 0.15) is 0 Å². The number of carbonyl (C=O) groups excluding carboxylic acids is 1. The van der Waals surface area contributed by atoms with Crippen molar-refractivity contribution in [2.45, 2.75) is 41.5 Å². The van der Waals surface area contributed by atoms with Gasteiger partial charge in [-0.2, -0.15) is 0 Å². The van der Waals surface area contributed by atoms with Crippen LogP contribution < -0.4 is 5.32 Å². The van der Waals surface area contributed by atoms with Gasteiger partial charge in [0.05, 0.1) is 12.7 Å². The molecule has 0 unspecified atom stereocenters. The summed E-state index contributed by atoms with van der Waals surface area (Å²) in [4.78, 5) is 10.9. The van der Waals surface area contributed by atoms with Gasteiger partial charge in [-0.15, -0.1) is 35.7 Å². The van der Waals surface area contributed by atoms with Gasteiger partial charge < -0.3 is 10.1 Å². The number of carbonyl (C=O) groups is 1. The van der Waals surface area contributed by atoms with Crippen molar-refractivity contribution >= 4 is 29.3 Å².